The molecule has 0 spiro atoms. The lowest BCUT2D eigenvalue weighted by Gasteiger charge is -2.07. The van der Waals surface area contributed by atoms with Crippen LogP contribution < -0.4 is 0 Å². The van der Waals surface area contributed by atoms with Crippen molar-refractivity contribution in [2.75, 3.05) is 0 Å². The number of aryl methyl sites for hydroxylation is 3. The molecule has 2 rings (SSSR count). The number of ether oxygens (including phenoxy) is 1. The maximum Gasteiger partial charge on any atom is 0.341 e. The highest BCUT2D eigenvalue weighted by molar-refractivity contribution is 5.90. The molecule has 1 aromatic carbocycles. The lowest BCUT2D eigenvalue weighted by atomic mass is 10.1. The van der Waals surface area contributed by atoms with Gasteiger partial charge in [-0.1, -0.05) is 0 Å². The second kappa shape index (κ2) is 6.30. The number of hydrogen-bond donors (Lipinski definition) is 0. The molecule has 0 amide bonds. The first-order valence-corrected chi connectivity index (χ1v) is 6.59. The predicted molar refractivity (Wildman–Crippen MR) is 78.5 cm³/mol. The second-order valence-corrected chi connectivity index (χ2v) is 4.87. The van der Waals surface area contributed by atoms with E-state index in [1.807, 2.05) is 0 Å². The van der Waals surface area contributed by atoms with Crippen molar-refractivity contribution in [1.29, 1.82) is 0 Å². The molecule has 0 bridgehead atoms. The Morgan fingerprint density at radius 3 is 2.64 bits per heavy atom. The summed E-state index contributed by atoms with van der Waals surface area (Å²) in [6.45, 7) is 5.12. The second-order valence-electron chi connectivity index (χ2n) is 4.87. The van der Waals surface area contributed by atoms with Gasteiger partial charge in [0.2, 0.25) is 0 Å². The topological polar surface area (TPSA) is 95.2 Å². The summed E-state index contributed by atoms with van der Waals surface area (Å²) in [5, 5.41) is 10.8. The highest BCUT2D eigenvalue weighted by atomic mass is 16.6. The van der Waals surface area contributed by atoms with E-state index in [4.69, 9.17) is 4.74 Å². The van der Waals surface area contributed by atoms with Crippen molar-refractivity contribution >= 4 is 11.7 Å². The number of rotatable bonds is 4. The minimum Gasteiger partial charge on any atom is -0.457 e. The zero-order chi connectivity index (χ0) is 16.3. The molecule has 0 radical (unpaired) electrons. The third-order valence-corrected chi connectivity index (χ3v) is 3.15. The third kappa shape index (κ3) is 3.43. The van der Waals surface area contributed by atoms with Crippen LogP contribution in [0.25, 0.3) is 0 Å². The largest absolute Gasteiger partial charge is 0.457 e. The molecule has 0 unspecified atom stereocenters. The van der Waals surface area contributed by atoms with Crippen LogP contribution in [0.4, 0.5) is 5.69 Å². The van der Waals surface area contributed by atoms with Gasteiger partial charge < -0.3 is 4.74 Å². The summed E-state index contributed by atoms with van der Waals surface area (Å²) >= 11 is 0. The van der Waals surface area contributed by atoms with E-state index in [1.54, 1.807) is 32.9 Å². The number of aromatic nitrogens is 2. The van der Waals surface area contributed by atoms with E-state index in [-0.39, 0.29) is 12.3 Å². The Kier molecular flexibility index (Phi) is 4.45. The molecule has 22 heavy (non-hydrogen) atoms. The fourth-order valence-corrected chi connectivity index (χ4v) is 2.02. The Morgan fingerprint density at radius 2 is 2.05 bits per heavy atom. The highest BCUT2D eigenvalue weighted by Crippen LogP contribution is 2.19. The van der Waals surface area contributed by atoms with Gasteiger partial charge in [0, 0.05) is 17.8 Å². The van der Waals surface area contributed by atoms with Gasteiger partial charge in [0.15, 0.2) is 0 Å². The highest BCUT2D eigenvalue weighted by Gasteiger charge is 2.14. The van der Waals surface area contributed by atoms with Crippen molar-refractivity contribution in [1.82, 2.24) is 9.97 Å². The van der Waals surface area contributed by atoms with Crippen LogP contribution in [-0.2, 0) is 11.3 Å². The van der Waals surface area contributed by atoms with Crippen LogP contribution in [0.15, 0.2) is 24.4 Å². The normalized spacial score (nSPS) is 10.3. The van der Waals surface area contributed by atoms with Gasteiger partial charge in [-0.3, -0.25) is 10.1 Å². The van der Waals surface area contributed by atoms with Crippen LogP contribution >= 0.6 is 0 Å². The molecule has 0 N–H and O–H groups in total. The van der Waals surface area contributed by atoms with Crippen molar-refractivity contribution in [3.63, 3.8) is 0 Å². The van der Waals surface area contributed by atoms with Crippen molar-refractivity contribution in [2.45, 2.75) is 27.4 Å². The standard InChI is InChI=1S/C15H15N3O4/c1-9-6-12(4-5-14(9)18(20)21)8-22-15(19)13-7-16-11(3)17-10(13)2/h4-7H,8H2,1-3H3. The number of esters is 1. The van der Waals surface area contributed by atoms with Crippen molar-refractivity contribution in [2.24, 2.45) is 0 Å². The summed E-state index contributed by atoms with van der Waals surface area (Å²) in [6.07, 6.45) is 1.43. The number of hydrogen-bond acceptors (Lipinski definition) is 6. The minimum absolute atomic E-state index is 0.0327. The van der Waals surface area contributed by atoms with Crippen LogP contribution in [0.5, 0.6) is 0 Å². The van der Waals surface area contributed by atoms with E-state index >= 15 is 0 Å². The molecule has 2 aromatic rings. The SMILES string of the molecule is Cc1ncc(C(=O)OCc2ccc([N+](=O)[O-])c(C)c2)c(C)n1. The zero-order valence-electron chi connectivity index (χ0n) is 12.5. The van der Waals surface area contributed by atoms with Crippen LogP contribution in [0.1, 0.15) is 33.0 Å². The summed E-state index contributed by atoms with van der Waals surface area (Å²) in [5.41, 5.74) is 2.11. The smallest absolute Gasteiger partial charge is 0.341 e. The quantitative estimate of drug-likeness (QED) is 0.489. The van der Waals surface area contributed by atoms with E-state index in [1.165, 1.54) is 12.3 Å². The first-order valence-electron chi connectivity index (χ1n) is 6.59. The molecule has 0 aliphatic heterocycles. The molecule has 0 aliphatic rings. The Labute approximate surface area is 127 Å². The summed E-state index contributed by atoms with van der Waals surface area (Å²) in [6, 6.07) is 4.60. The monoisotopic (exact) mass is 301 g/mol. The first-order chi connectivity index (χ1) is 10.4. The maximum absolute atomic E-state index is 12.0. The van der Waals surface area contributed by atoms with Gasteiger partial charge in [-0.2, -0.15) is 0 Å². The number of benzene rings is 1. The maximum atomic E-state index is 12.0. The van der Waals surface area contributed by atoms with Crippen molar-refractivity contribution in [3.05, 3.63) is 62.7 Å². The van der Waals surface area contributed by atoms with Crippen molar-refractivity contribution in [3.8, 4) is 0 Å². The average molecular weight is 301 g/mol. The van der Waals surface area contributed by atoms with E-state index < -0.39 is 10.9 Å². The van der Waals surface area contributed by atoms with Crippen LogP contribution in [0.3, 0.4) is 0 Å². The summed E-state index contributed by atoms with van der Waals surface area (Å²) in [4.78, 5) is 30.4. The Hall–Kier alpha value is -2.83. The number of nitrogens with zero attached hydrogens (tertiary/aromatic N) is 3. The molecule has 0 atom stereocenters. The molecule has 1 heterocycles. The number of nitro benzene ring substituents is 1. The van der Waals surface area contributed by atoms with Gasteiger partial charge >= 0.3 is 5.97 Å². The molecule has 0 aliphatic carbocycles. The number of carbonyl (C=O) groups excluding carboxylic acids is 1. The predicted octanol–water partition coefficient (Wildman–Crippen LogP) is 2.67. The van der Waals surface area contributed by atoms with Gasteiger partial charge in [-0.15, -0.1) is 0 Å². The van der Waals surface area contributed by atoms with Crippen LogP contribution in [0, 0.1) is 30.9 Å². The molecule has 0 fully saturated rings. The molecule has 114 valence electrons. The van der Waals surface area contributed by atoms with E-state index in [2.05, 4.69) is 9.97 Å². The van der Waals surface area contributed by atoms with Gasteiger partial charge in [-0.25, -0.2) is 14.8 Å². The van der Waals surface area contributed by atoms with Gasteiger partial charge in [0.1, 0.15) is 12.4 Å². The average Bonchev–Trinajstić information content (AvgIpc) is 2.44. The molecule has 1 aromatic heterocycles. The van der Waals surface area contributed by atoms with E-state index in [0.29, 0.717) is 28.2 Å². The summed E-state index contributed by atoms with van der Waals surface area (Å²) in [7, 11) is 0. The zero-order valence-corrected chi connectivity index (χ0v) is 12.5. The van der Waals surface area contributed by atoms with E-state index in [0.717, 1.165) is 0 Å². The van der Waals surface area contributed by atoms with Gasteiger partial charge in [0.25, 0.3) is 5.69 Å². The third-order valence-electron chi connectivity index (χ3n) is 3.15. The fourth-order valence-electron chi connectivity index (χ4n) is 2.02. The van der Waals surface area contributed by atoms with Gasteiger partial charge in [0.05, 0.1) is 16.2 Å². The molecule has 7 nitrogen and oxygen atoms in total. The number of nitro groups is 1. The molecular formula is C15H15N3O4. The van der Waals surface area contributed by atoms with Crippen molar-refractivity contribution < 1.29 is 14.5 Å². The Morgan fingerprint density at radius 1 is 1.32 bits per heavy atom. The Balaban J connectivity index is 2.08. The van der Waals surface area contributed by atoms with Crippen LogP contribution in [-0.4, -0.2) is 20.9 Å². The minimum atomic E-state index is -0.520. The lowest BCUT2D eigenvalue weighted by molar-refractivity contribution is -0.385. The van der Waals surface area contributed by atoms with E-state index in [9.17, 15) is 14.9 Å². The fraction of sp³-hybridized carbons (Fsp3) is 0.267. The molecule has 7 heteroatoms. The molecular weight excluding hydrogens is 286 g/mol. The van der Waals surface area contributed by atoms with Crippen LogP contribution in [0.2, 0.25) is 0 Å². The Bertz CT molecular complexity index is 744. The lowest BCUT2D eigenvalue weighted by Crippen LogP contribution is -2.10. The summed E-state index contributed by atoms with van der Waals surface area (Å²) < 4.78 is 5.20. The number of carbonyl (C=O) groups is 1. The van der Waals surface area contributed by atoms with Gasteiger partial charge in [-0.05, 0) is 38.5 Å². The summed E-state index contributed by atoms with van der Waals surface area (Å²) in [5.74, 6) is 0.0635. The molecule has 0 saturated heterocycles. The molecule has 0 saturated carbocycles. The first kappa shape index (κ1) is 15.6.